The number of nitrogens with one attached hydrogen (secondary N) is 5. The molecule has 180 valence electrons. The first-order valence-corrected chi connectivity index (χ1v) is 12.5. The molecular weight excluding hydrogens is 450 g/mol. The predicted molar refractivity (Wildman–Crippen MR) is 144 cm³/mol. The number of aryl methyl sites for hydroxylation is 1. The zero-order valence-corrected chi connectivity index (χ0v) is 20.1. The fraction of sp³-hybridized carbons (Fsp3) is 0.259. The van der Waals surface area contributed by atoms with Gasteiger partial charge in [0.15, 0.2) is 11.6 Å². The maximum absolute atomic E-state index is 4.89. The highest BCUT2D eigenvalue weighted by atomic mass is 15.0. The van der Waals surface area contributed by atoms with Crippen molar-refractivity contribution in [2.45, 2.75) is 19.8 Å². The zero-order chi connectivity index (χ0) is 24.1. The zero-order valence-electron chi connectivity index (χ0n) is 20.1. The lowest BCUT2D eigenvalue weighted by atomic mass is 10.1. The summed E-state index contributed by atoms with van der Waals surface area (Å²) in [5.41, 5.74) is 8.95. The Morgan fingerprint density at radius 3 is 1.83 bits per heavy atom. The molecular formula is C27H27N9. The largest absolute Gasteiger partial charge is 0.370 e. The highest BCUT2D eigenvalue weighted by molar-refractivity contribution is 6.02. The van der Waals surface area contributed by atoms with E-state index in [0.29, 0.717) is 0 Å². The van der Waals surface area contributed by atoms with Crippen LogP contribution in [0.4, 0.5) is 0 Å². The number of hydrogen-bond donors (Lipinski definition) is 5. The van der Waals surface area contributed by atoms with Crippen LogP contribution < -0.4 is 10.6 Å². The lowest BCUT2D eigenvalue weighted by molar-refractivity contribution is 0.742. The maximum Gasteiger partial charge on any atom is 0.155 e. The Kier molecular flexibility index (Phi) is 4.87. The molecule has 0 spiro atoms. The van der Waals surface area contributed by atoms with Crippen molar-refractivity contribution in [3.8, 4) is 23.0 Å². The molecule has 0 bridgehead atoms. The minimum absolute atomic E-state index is 0.801. The molecule has 5 aromatic rings. The van der Waals surface area contributed by atoms with Crippen LogP contribution in [0.15, 0.2) is 52.4 Å². The van der Waals surface area contributed by atoms with Crippen molar-refractivity contribution in [1.82, 2.24) is 35.6 Å². The van der Waals surface area contributed by atoms with E-state index >= 15 is 0 Å². The Balaban J connectivity index is 1.21. The van der Waals surface area contributed by atoms with E-state index in [1.54, 1.807) is 0 Å². The van der Waals surface area contributed by atoms with Gasteiger partial charge in [0.25, 0.3) is 0 Å². The minimum Gasteiger partial charge on any atom is -0.370 e. The molecule has 0 atom stereocenters. The lowest BCUT2D eigenvalue weighted by Crippen LogP contribution is -2.30. The van der Waals surface area contributed by atoms with E-state index in [1.807, 2.05) is 0 Å². The van der Waals surface area contributed by atoms with Gasteiger partial charge in [-0.2, -0.15) is 0 Å². The van der Waals surface area contributed by atoms with E-state index in [0.717, 1.165) is 112 Å². The van der Waals surface area contributed by atoms with Crippen LogP contribution in [0, 0.1) is 6.92 Å². The summed E-state index contributed by atoms with van der Waals surface area (Å²) >= 11 is 0. The summed E-state index contributed by atoms with van der Waals surface area (Å²) < 4.78 is 0. The van der Waals surface area contributed by atoms with Crippen molar-refractivity contribution in [1.29, 1.82) is 0 Å². The van der Waals surface area contributed by atoms with E-state index in [2.05, 4.69) is 85.0 Å². The number of aromatic amines is 3. The van der Waals surface area contributed by atoms with Gasteiger partial charge in [-0.15, -0.1) is 0 Å². The quantitative estimate of drug-likeness (QED) is 0.270. The number of fused-ring (bicyclic) bond motifs is 2. The van der Waals surface area contributed by atoms with Gasteiger partial charge in [-0.1, -0.05) is 0 Å². The second kappa shape index (κ2) is 8.37. The molecule has 2 aliphatic rings. The molecule has 5 heterocycles. The van der Waals surface area contributed by atoms with Gasteiger partial charge in [-0.3, -0.25) is 9.98 Å². The number of H-pyrrole nitrogens is 3. The monoisotopic (exact) mass is 477 g/mol. The molecule has 0 saturated carbocycles. The van der Waals surface area contributed by atoms with Gasteiger partial charge in [0, 0.05) is 37.3 Å². The molecule has 0 saturated heterocycles. The molecule has 0 amide bonds. The summed E-state index contributed by atoms with van der Waals surface area (Å²) in [4.78, 5) is 29.4. The first-order chi connectivity index (χ1) is 17.7. The third-order valence-corrected chi connectivity index (χ3v) is 6.81. The van der Waals surface area contributed by atoms with Crippen molar-refractivity contribution >= 4 is 33.7 Å². The third-order valence-electron chi connectivity index (χ3n) is 6.81. The Bertz CT molecular complexity index is 1660. The van der Waals surface area contributed by atoms with Crippen molar-refractivity contribution in [3.05, 3.63) is 59.2 Å². The Morgan fingerprint density at radius 2 is 1.25 bits per heavy atom. The molecule has 0 unspecified atom stereocenters. The maximum atomic E-state index is 4.89. The Morgan fingerprint density at radius 1 is 0.667 bits per heavy atom. The van der Waals surface area contributed by atoms with Gasteiger partial charge in [0.2, 0.25) is 0 Å². The summed E-state index contributed by atoms with van der Waals surface area (Å²) in [7, 11) is 0. The van der Waals surface area contributed by atoms with Crippen LogP contribution in [0.3, 0.4) is 0 Å². The highest BCUT2D eigenvalue weighted by Crippen LogP contribution is 2.29. The molecule has 9 nitrogen and oxygen atoms in total. The summed E-state index contributed by atoms with van der Waals surface area (Å²) in [5.74, 6) is 3.51. The highest BCUT2D eigenvalue weighted by Gasteiger charge is 2.16. The van der Waals surface area contributed by atoms with Gasteiger partial charge in [-0.05, 0) is 67.8 Å². The molecule has 7 rings (SSSR count). The van der Waals surface area contributed by atoms with Crippen LogP contribution in [0.2, 0.25) is 0 Å². The van der Waals surface area contributed by atoms with E-state index in [-0.39, 0.29) is 0 Å². The predicted octanol–water partition coefficient (Wildman–Crippen LogP) is 3.89. The number of aliphatic imine (C=N–C) groups is 2. The summed E-state index contributed by atoms with van der Waals surface area (Å²) in [6, 6.07) is 14.6. The molecule has 2 aromatic carbocycles. The Labute approximate surface area is 207 Å². The van der Waals surface area contributed by atoms with Crippen LogP contribution in [-0.4, -0.2) is 62.8 Å². The third kappa shape index (κ3) is 3.64. The van der Waals surface area contributed by atoms with Crippen molar-refractivity contribution in [2.24, 2.45) is 9.98 Å². The molecule has 36 heavy (non-hydrogen) atoms. The summed E-state index contributed by atoms with van der Waals surface area (Å²) in [5, 5.41) is 6.77. The molecule has 9 heteroatoms. The van der Waals surface area contributed by atoms with Gasteiger partial charge >= 0.3 is 0 Å². The van der Waals surface area contributed by atoms with Gasteiger partial charge < -0.3 is 25.6 Å². The smallest absolute Gasteiger partial charge is 0.155 e. The van der Waals surface area contributed by atoms with Gasteiger partial charge in [0.05, 0.1) is 33.5 Å². The van der Waals surface area contributed by atoms with Crippen LogP contribution >= 0.6 is 0 Å². The number of rotatable bonds is 4. The minimum atomic E-state index is 0.801. The van der Waals surface area contributed by atoms with E-state index in [4.69, 9.17) is 9.97 Å². The van der Waals surface area contributed by atoms with Crippen molar-refractivity contribution in [3.63, 3.8) is 0 Å². The number of nitrogens with zero attached hydrogens (tertiary/aromatic N) is 4. The van der Waals surface area contributed by atoms with Gasteiger partial charge in [0.1, 0.15) is 11.7 Å². The SMILES string of the molecule is Cc1cc(-c2nc3cc(C4=NCCCN4)ccc3[nH]2)[nH]c1-c1nc2cc(C3=NCCCN3)ccc2[nH]1. The molecule has 0 fully saturated rings. The van der Waals surface area contributed by atoms with Crippen LogP contribution in [0.25, 0.3) is 45.1 Å². The van der Waals surface area contributed by atoms with Crippen LogP contribution in [0.5, 0.6) is 0 Å². The number of amidine groups is 2. The van der Waals surface area contributed by atoms with Crippen molar-refractivity contribution < 1.29 is 0 Å². The number of hydrogen-bond acceptors (Lipinski definition) is 6. The standard InChI is InChI=1S/C27H27N9/c1-15-12-22(26-33-18-6-4-16(13-20(18)35-26)24-28-8-2-9-29-24)32-23(15)27-34-19-7-5-17(14-21(19)36-27)25-30-10-3-11-31-25/h4-7,12-14,32H,2-3,8-11H2,1H3,(H,28,29)(H,30,31)(H,33,35)(H,34,36). The summed E-state index contributed by atoms with van der Waals surface area (Å²) in [6.45, 7) is 5.74. The van der Waals surface area contributed by atoms with Gasteiger partial charge in [-0.25, -0.2) is 9.97 Å². The van der Waals surface area contributed by atoms with E-state index < -0.39 is 0 Å². The normalized spacial score (nSPS) is 16.0. The first kappa shape index (κ1) is 20.9. The van der Waals surface area contributed by atoms with Crippen molar-refractivity contribution in [2.75, 3.05) is 26.2 Å². The fourth-order valence-electron chi connectivity index (χ4n) is 4.94. The topological polar surface area (TPSA) is 122 Å². The second-order valence-electron chi connectivity index (χ2n) is 9.40. The number of aromatic nitrogens is 5. The molecule has 3 aromatic heterocycles. The van der Waals surface area contributed by atoms with E-state index in [1.165, 1.54) is 0 Å². The lowest BCUT2D eigenvalue weighted by Gasteiger charge is -2.14. The Hall–Kier alpha value is -4.40. The van der Waals surface area contributed by atoms with E-state index in [9.17, 15) is 0 Å². The number of imidazole rings is 2. The average molecular weight is 478 g/mol. The summed E-state index contributed by atoms with van der Waals surface area (Å²) in [6.07, 6.45) is 2.15. The second-order valence-corrected chi connectivity index (χ2v) is 9.40. The number of benzene rings is 2. The fourth-order valence-corrected chi connectivity index (χ4v) is 4.94. The van der Waals surface area contributed by atoms with Crippen LogP contribution in [-0.2, 0) is 0 Å². The molecule has 2 aliphatic heterocycles. The first-order valence-electron chi connectivity index (χ1n) is 12.5. The molecule has 0 radical (unpaired) electrons. The van der Waals surface area contributed by atoms with Crippen LogP contribution in [0.1, 0.15) is 29.5 Å². The molecule has 0 aliphatic carbocycles. The average Bonchev–Trinajstić information content (AvgIpc) is 3.64. The molecule has 5 N–H and O–H groups in total.